The molecule has 1 aromatic heterocycles. The molecule has 8 nitrogen and oxygen atoms in total. The van der Waals surface area contributed by atoms with Crippen molar-refractivity contribution in [2.75, 3.05) is 18.5 Å². The summed E-state index contributed by atoms with van der Waals surface area (Å²) in [5.41, 5.74) is -0.242. The Morgan fingerprint density at radius 3 is 2.44 bits per heavy atom. The van der Waals surface area contributed by atoms with E-state index in [-0.39, 0.29) is 17.1 Å². The molecule has 2 aromatic rings. The Morgan fingerprint density at radius 1 is 1.22 bits per heavy atom. The molecular weight excluding hydrogens is 352 g/mol. The fourth-order valence-corrected chi connectivity index (χ4v) is 2.17. The molecule has 8 heteroatoms. The lowest BCUT2D eigenvalue weighted by Gasteiger charge is -2.14. The van der Waals surface area contributed by atoms with Crippen molar-refractivity contribution in [3.05, 3.63) is 52.5 Å². The van der Waals surface area contributed by atoms with E-state index in [0.29, 0.717) is 24.7 Å². The molecule has 0 unspecified atom stereocenters. The lowest BCUT2D eigenvalue weighted by Crippen LogP contribution is -2.11. The van der Waals surface area contributed by atoms with Gasteiger partial charge in [0.15, 0.2) is 11.5 Å². The second-order valence-corrected chi connectivity index (χ2v) is 5.61. The number of amides is 1. The van der Waals surface area contributed by atoms with Crippen LogP contribution < -0.4 is 14.8 Å². The van der Waals surface area contributed by atoms with Gasteiger partial charge in [0.2, 0.25) is 5.91 Å². The summed E-state index contributed by atoms with van der Waals surface area (Å²) >= 11 is 0. The van der Waals surface area contributed by atoms with Crippen LogP contribution in [0.1, 0.15) is 32.4 Å². The summed E-state index contributed by atoms with van der Waals surface area (Å²) in [5.74, 6) is 0.593. The molecule has 0 atom stereocenters. The van der Waals surface area contributed by atoms with Gasteiger partial charge in [0.1, 0.15) is 11.4 Å². The molecule has 0 fully saturated rings. The first kappa shape index (κ1) is 20.0. The zero-order chi connectivity index (χ0) is 19.6. The van der Waals surface area contributed by atoms with Crippen LogP contribution in [0.4, 0.5) is 11.4 Å². The number of rotatable bonds is 10. The van der Waals surface area contributed by atoms with Crippen molar-refractivity contribution in [1.82, 2.24) is 0 Å². The number of hydrogen-bond donors (Lipinski definition) is 1. The number of nitrogens with one attached hydrogen (secondary N) is 1. The van der Waals surface area contributed by atoms with Crippen LogP contribution in [-0.4, -0.2) is 24.0 Å². The van der Waals surface area contributed by atoms with E-state index < -0.39 is 10.8 Å². The smallest absolute Gasteiger partial charge is 0.296 e. The van der Waals surface area contributed by atoms with E-state index in [9.17, 15) is 14.9 Å². The standard InChI is InChI=1S/C19H22N2O6/c1-3-9-26-17-12-15(16(21(23)24)13-18(17)27-10-4-2)20-19(22)8-7-14-6-5-11-25-14/h5-8,11-13H,3-4,9-10H2,1-2H3,(H,20,22)/b8-7+. The first-order valence-corrected chi connectivity index (χ1v) is 8.65. The van der Waals surface area contributed by atoms with Crippen molar-refractivity contribution < 1.29 is 23.6 Å². The number of ether oxygens (including phenoxy) is 2. The van der Waals surface area contributed by atoms with Crippen molar-refractivity contribution in [2.45, 2.75) is 26.7 Å². The summed E-state index contributed by atoms with van der Waals surface area (Å²) in [6, 6.07) is 6.06. The first-order chi connectivity index (χ1) is 13.0. The van der Waals surface area contributed by atoms with E-state index in [0.717, 1.165) is 12.8 Å². The molecule has 2 rings (SSSR count). The molecule has 1 heterocycles. The van der Waals surface area contributed by atoms with Gasteiger partial charge in [-0.2, -0.15) is 0 Å². The fourth-order valence-electron chi connectivity index (χ4n) is 2.17. The minimum absolute atomic E-state index is 0.0315. The summed E-state index contributed by atoms with van der Waals surface area (Å²) in [6.45, 7) is 4.70. The predicted molar refractivity (Wildman–Crippen MR) is 101 cm³/mol. The molecule has 0 bridgehead atoms. The lowest BCUT2D eigenvalue weighted by atomic mass is 10.2. The summed E-state index contributed by atoms with van der Waals surface area (Å²) in [5, 5.41) is 13.9. The maximum absolute atomic E-state index is 12.1. The van der Waals surface area contributed by atoms with Crippen molar-refractivity contribution >= 4 is 23.4 Å². The molecule has 0 radical (unpaired) electrons. The third-order valence-electron chi connectivity index (χ3n) is 3.38. The Hall–Kier alpha value is -3.29. The van der Waals surface area contributed by atoms with Gasteiger partial charge in [-0.15, -0.1) is 0 Å². The number of furan rings is 1. The van der Waals surface area contributed by atoms with E-state index in [1.807, 2.05) is 13.8 Å². The molecule has 0 aliphatic heterocycles. The van der Waals surface area contributed by atoms with Crippen LogP contribution >= 0.6 is 0 Å². The van der Waals surface area contributed by atoms with Crippen molar-refractivity contribution in [2.24, 2.45) is 0 Å². The van der Waals surface area contributed by atoms with E-state index in [1.165, 1.54) is 30.5 Å². The number of anilines is 1. The van der Waals surface area contributed by atoms with E-state index in [1.54, 1.807) is 12.1 Å². The number of benzene rings is 1. The highest BCUT2D eigenvalue weighted by Gasteiger charge is 2.21. The van der Waals surface area contributed by atoms with Gasteiger partial charge in [-0.3, -0.25) is 14.9 Å². The van der Waals surface area contributed by atoms with Gasteiger partial charge in [0.05, 0.1) is 30.5 Å². The first-order valence-electron chi connectivity index (χ1n) is 8.65. The summed E-state index contributed by atoms with van der Waals surface area (Å²) in [7, 11) is 0. The molecular formula is C19H22N2O6. The van der Waals surface area contributed by atoms with E-state index in [4.69, 9.17) is 13.9 Å². The summed E-state index contributed by atoms with van der Waals surface area (Å²) in [6.07, 6.45) is 5.69. The van der Waals surface area contributed by atoms with Crippen LogP contribution in [0.15, 0.2) is 41.0 Å². The molecule has 0 aliphatic carbocycles. The molecule has 0 spiro atoms. The Kier molecular flexibility index (Phi) is 7.42. The SMILES string of the molecule is CCCOc1cc(NC(=O)/C=C/c2ccco2)c([N+](=O)[O-])cc1OCCC. The number of nitro groups is 1. The number of nitrogens with zero attached hydrogens (tertiary/aromatic N) is 1. The van der Waals surface area contributed by atoms with Crippen LogP contribution in [0.5, 0.6) is 11.5 Å². The fraction of sp³-hybridized carbons (Fsp3) is 0.316. The number of nitro benzene ring substituents is 1. The van der Waals surface area contributed by atoms with Gasteiger partial charge >= 0.3 is 0 Å². The van der Waals surface area contributed by atoms with Gasteiger partial charge in [0.25, 0.3) is 5.69 Å². The molecule has 0 saturated heterocycles. The second kappa shape index (κ2) is 10.0. The topological polar surface area (TPSA) is 104 Å². The second-order valence-electron chi connectivity index (χ2n) is 5.61. The number of carbonyl (C=O) groups is 1. The van der Waals surface area contributed by atoms with Crippen molar-refractivity contribution in [1.29, 1.82) is 0 Å². The molecule has 144 valence electrons. The molecule has 0 aliphatic rings. The Balaban J connectivity index is 2.28. The van der Waals surface area contributed by atoms with Gasteiger partial charge in [0, 0.05) is 12.1 Å². The van der Waals surface area contributed by atoms with Gasteiger partial charge in [-0.25, -0.2) is 0 Å². The monoisotopic (exact) mass is 374 g/mol. The lowest BCUT2D eigenvalue weighted by molar-refractivity contribution is -0.384. The maximum atomic E-state index is 12.1. The molecule has 1 amide bonds. The minimum atomic E-state index is -0.575. The average Bonchev–Trinajstić information content (AvgIpc) is 3.17. The van der Waals surface area contributed by atoms with Gasteiger partial charge in [-0.05, 0) is 31.1 Å². The maximum Gasteiger partial charge on any atom is 0.296 e. The Labute approximate surface area is 156 Å². The quantitative estimate of drug-likeness (QED) is 0.375. The summed E-state index contributed by atoms with van der Waals surface area (Å²) < 4.78 is 16.3. The van der Waals surface area contributed by atoms with Gasteiger partial charge in [-0.1, -0.05) is 13.8 Å². The van der Waals surface area contributed by atoms with Gasteiger partial charge < -0.3 is 19.2 Å². The highest BCUT2D eigenvalue weighted by atomic mass is 16.6. The highest BCUT2D eigenvalue weighted by molar-refractivity contribution is 6.03. The molecule has 1 N–H and O–H groups in total. The predicted octanol–water partition coefficient (Wildman–Crippen LogP) is 4.42. The normalized spacial score (nSPS) is 10.7. The Morgan fingerprint density at radius 2 is 1.89 bits per heavy atom. The zero-order valence-corrected chi connectivity index (χ0v) is 15.3. The minimum Gasteiger partial charge on any atom is -0.490 e. The number of hydrogen-bond acceptors (Lipinski definition) is 6. The van der Waals surface area contributed by atoms with E-state index in [2.05, 4.69) is 5.32 Å². The van der Waals surface area contributed by atoms with Crippen LogP contribution in [0, 0.1) is 10.1 Å². The zero-order valence-electron chi connectivity index (χ0n) is 15.3. The van der Waals surface area contributed by atoms with Crippen LogP contribution in [0.3, 0.4) is 0 Å². The molecule has 1 aromatic carbocycles. The largest absolute Gasteiger partial charge is 0.490 e. The Bertz CT molecular complexity index is 799. The van der Waals surface area contributed by atoms with Crippen LogP contribution in [0.2, 0.25) is 0 Å². The summed E-state index contributed by atoms with van der Waals surface area (Å²) in [4.78, 5) is 23.0. The van der Waals surface area contributed by atoms with Crippen molar-refractivity contribution in [3.63, 3.8) is 0 Å². The third-order valence-corrected chi connectivity index (χ3v) is 3.38. The number of carbonyl (C=O) groups excluding carboxylic acids is 1. The van der Waals surface area contributed by atoms with Crippen LogP contribution in [-0.2, 0) is 4.79 Å². The third kappa shape index (κ3) is 5.88. The molecule has 27 heavy (non-hydrogen) atoms. The average molecular weight is 374 g/mol. The van der Waals surface area contributed by atoms with Crippen LogP contribution in [0.25, 0.3) is 6.08 Å². The molecule has 0 saturated carbocycles. The van der Waals surface area contributed by atoms with Crippen molar-refractivity contribution in [3.8, 4) is 11.5 Å². The highest BCUT2D eigenvalue weighted by Crippen LogP contribution is 2.38. The van der Waals surface area contributed by atoms with E-state index >= 15 is 0 Å².